The van der Waals surface area contributed by atoms with Crippen molar-refractivity contribution < 1.29 is 19.1 Å². The van der Waals surface area contributed by atoms with Crippen molar-refractivity contribution in [1.82, 2.24) is 20.1 Å². The number of hydrogen-bond donors (Lipinski definition) is 2. The van der Waals surface area contributed by atoms with Crippen LogP contribution in [0.3, 0.4) is 0 Å². The minimum absolute atomic E-state index is 0.0479. The molecule has 11 heteroatoms. The predicted octanol–water partition coefficient (Wildman–Crippen LogP) is 3.18. The van der Waals surface area contributed by atoms with Gasteiger partial charge in [0.25, 0.3) is 0 Å². The summed E-state index contributed by atoms with van der Waals surface area (Å²) in [5.41, 5.74) is 0.510. The molecule has 2 aromatic heterocycles. The van der Waals surface area contributed by atoms with Gasteiger partial charge < -0.3 is 19.4 Å². The van der Waals surface area contributed by atoms with E-state index in [4.69, 9.17) is 9.47 Å². The summed E-state index contributed by atoms with van der Waals surface area (Å²) in [5.74, 6) is 0.828. The Morgan fingerprint density at radius 2 is 2.06 bits per heavy atom. The number of carbonyl (C=O) groups is 2. The van der Waals surface area contributed by atoms with Gasteiger partial charge >= 0.3 is 6.03 Å². The monoisotopic (exact) mass is 459 g/mol. The highest BCUT2D eigenvalue weighted by atomic mass is 32.2. The molecular formula is C20H21N5O4S2. The summed E-state index contributed by atoms with van der Waals surface area (Å²) in [6.45, 7) is 1.87. The number of carbonyl (C=O) groups excluding carboxylic acids is 2. The van der Waals surface area contributed by atoms with E-state index >= 15 is 0 Å². The molecule has 162 valence electrons. The van der Waals surface area contributed by atoms with E-state index < -0.39 is 11.9 Å². The van der Waals surface area contributed by atoms with Crippen LogP contribution in [-0.2, 0) is 17.8 Å². The van der Waals surface area contributed by atoms with E-state index in [0.29, 0.717) is 35.6 Å². The Morgan fingerprint density at radius 1 is 1.19 bits per heavy atom. The van der Waals surface area contributed by atoms with E-state index in [9.17, 15) is 9.59 Å². The molecular weight excluding hydrogens is 438 g/mol. The second-order valence-corrected chi connectivity index (χ2v) is 8.61. The molecule has 0 saturated carbocycles. The fraction of sp³-hybridized carbons (Fsp3) is 0.300. The smallest absolute Gasteiger partial charge is 0.325 e. The standard InChI is InChI=1S/C20H21N5O4S2/c26-18(12-31-20-24-21-13-25(20)7-6-15-3-1-10-30-15)23-19(27)22-14-4-5-16-17(11-14)29-9-2-8-28-16/h1,3-5,10-11,13H,2,6-9,12H2,(H2,22,23,26,27). The second-order valence-electron chi connectivity index (χ2n) is 6.64. The van der Waals surface area contributed by atoms with E-state index in [-0.39, 0.29) is 5.75 Å². The molecule has 9 nitrogen and oxygen atoms in total. The first-order chi connectivity index (χ1) is 15.2. The number of anilines is 1. The van der Waals surface area contributed by atoms with Crippen LogP contribution in [0.5, 0.6) is 11.5 Å². The molecule has 31 heavy (non-hydrogen) atoms. The summed E-state index contributed by atoms with van der Waals surface area (Å²) in [7, 11) is 0. The van der Waals surface area contributed by atoms with Crippen molar-refractivity contribution in [3.8, 4) is 11.5 Å². The highest BCUT2D eigenvalue weighted by molar-refractivity contribution is 7.99. The van der Waals surface area contributed by atoms with Gasteiger partial charge in [0.1, 0.15) is 6.33 Å². The number of aryl methyl sites for hydroxylation is 2. The van der Waals surface area contributed by atoms with Crippen molar-refractivity contribution >= 4 is 40.7 Å². The lowest BCUT2D eigenvalue weighted by atomic mass is 10.3. The zero-order valence-corrected chi connectivity index (χ0v) is 18.2. The number of thiophene rings is 1. The van der Waals surface area contributed by atoms with Crippen molar-refractivity contribution in [2.75, 3.05) is 24.3 Å². The molecule has 0 saturated heterocycles. The SMILES string of the molecule is O=C(CSc1nncn1CCc1cccs1)NC(=O)Nc1ccc2c(c1)OCCCO2. The number of aromatic nitrogens is 3. The molecule has 0 atom stereocenters. The number of fused-ring (bicyclic) bond motifs is 1. The lowest BCUT2D eigenvalue weighted by Crippen LogP contribution is -2.35. The van der Waals surface area contributed by atoms with Gasteiger partial charge in [-0.3, -0.25) is 10.1 Å². The Hall–Kier alpha value is -3.05. The van der Waals surface area contributed by atoms with Crippen molar-refractivity contribution in [2.24, 2.45) is 0 Å². The first-order valence-electron chi connectivity index (χ1n) is 9.71. The summed E-state index contributed by atoms with van der Waals surface area (Å²) in [4.78, 5) is 25.6. The van der Waals surface area contributed by atoms with E-state index in [0.717, 1.165) is 19.4 Å². The molecule has 3 amide bonds. The van der Waals surface area contributed by atoms with Gasteiger partial charge in [-0.05, 0) is 30.0 Å². The first-order valence-corrected chi connectivity index (χ1v) is 11.6. The van der Waals surface area contributed by atoms with Crippen LogP contribution in [0.15, 0.2) is 47.2 Å². The van der Waals surface area contributed by atoms with Crippen LogP contribution >= 0.6 is 23.1 Å². The third kappa shape index (κ3) is 5.98. The van der Waals surface area contributed by atoms with Crippen molar-refractivity contribution in [3.05, 3.63) is 46.9 Å². The third-order valence-corrected chi connectivity index (χ3v) is 6.27. The number of rotatable bonds is 7. The van der Waals surface area contributed by atoms with Crippen LogP contribution in [0.25, 0.3) is 0 Å². The zero-order chi connectivity index (χ0) is 21.5. The third-order valence-electron chi connectivity index (χ3n) is 4.35. The van der Waals surface area contributed by atoms with Crippen molar-refractivity contribution in [2.45, 2.75) is 24.5 Å². The molecule has 0 bridgehead atoms. The Labute approximate surface area is 187 Å². The van der Waals surface area contributed by atoms with Gasteiger partial charge in [0, 0.05) is 29.6 Å². The summed E-state index contributed by atoms with van der Waals surface area (Å²) in [6.07, 6.45) is 3.31. The number of hydrogen-bond acceptors (Lipinski definition) is 8. The molecule has 0 radical (unpaired) electrons. The highest BCUT2D eigenvalue weighted by Gasteiger charge is 2.14. The topological polar surface area (TPSA) is 107 Å². The van der Waals surface area contributed by atoms with E-state index in [1.165, 1.54) is 16.6 Å². The van der Waals surface area contributed by atoms with Gasteiger partial charge in [-0.2, -0.15) is 0 Å². The molecule has 0 spiro atoms. The quantitative estimate of drug-likeness (QED) is 0.523. The van der Waals surface area contributed by atoms with Crippen molar-refractivity contribution in [1.29, 1.82) is 0 Å². The Balaban J connectivity index is 1.24. The molecule has 1 aliphatic rings. The fourth-order valence-corrected chi connectivity index (χ4v) is 4.33. The Bertz CT molecular complexity index is 1040. The van der Waals surface area contributed by atoms with E-state index in [1.54, 1.807) is 35.9 Å². The average molecular weight is 460 g/mol. The van der Waals surface area contributed by atoms with Gasteiger partial charge in [0.15, 0.2) is 16.7 Å². The summed E-state index contributed by atoms with van der Waals surface area (Å²) < 4.78 is 13.1. The fourth-order valence-electron chi connectivity index (χ4n) is 2.89. The van der Waals surface area contributed by atoms with Crippen LogP contribution in [-0.4, -0.2) is 45.7 Å². The first kappa shape index (κ1) is 21.2. The zero-order valence-electron chi connectivity index (χ0n) is 16.6. The number of thioether (sulfide) groups is 1. The molecule has 1 aromatic carbocycles. The van der Waals surface area contributed by atoms with Crippen LogP contribution in [0, 0.1) is 0 Å². The number of benzene rings is 1. The molecule has 4 rings (SSSR count). The maximum Gasteiger partial charge on any atom is 0.325 e. The molecule has 3 heterocycles. The van der Waals surface area contributed by atoms with Crippen molar-refractivity contribution in [3.63, 3.8) is 0 Å². The average Bonchev–Trinajstić information content (AvgIpc) is 3.38. The van der Waals surface area contributed by atoms with Crippen LogP contribution < -0.4 is 20.1 Å². The Kier molecular flexibility index (Phi) is 7.05. The maximum absolute atomic E-state index is 12.2. The highest BCUT2D eigenvalue weighted by Crippen LogP contribution is 2.32. The van der Waals surface area contributed by atoms with Crippen LogP contribution in [0.2, 0.25) is 0 Å². The van der Waals surface area contributed by atoms with Gasteiger partial charge in [-0.15, -0.1) is 21.5 Å². The normalized spacial score (nSPS) is 12.8. The minimum Gasteiger partial charge on any atom is -0.490 e. The van der Waals surface area contributed by atoms with Gasteiger partial charge in [-0.1, -0.05) is 17.8 Å². The summed E-state index contributed by atoms with van der Waals surface area (Å²) in [6, 6.07) is 8.59. The number of imide groups is 1. The number of amides is 3. The number of nitrogens with zero attached hydrogens (tertiary/aromatic N) is 3. The molecule has 1 aliphatic heterocycles. The van der Waals surface area contributed by atoms with Crippen LogP contribution in [0.4, 0.5) is 10.5 Å². The number of urea groups is 1. The Morgan fingerprint density at radius 3 is 2.90 bits per heavy atom. The van der Waals surface area contributed by atoms with Gasteiger partial charge in [0.2, 0.25) is 5.91 Å². The maximum atomic E-state index is 12.2. The molecule has 0 aliphatic carbocycles. The predicted molar refractivity (Wildman–Crippen MR) is 118 cm³/mol. The van der Waals surface area contributed by atoms with Crippen LogP contribution in [0.1, 0.15) is 11.3 Å². The van der Waals surface area contributed by atoms with E-state index in [1.807, 2.05) is 16.0 Å². The molecule has 2 N–H and O–H groups in total. The summed E-state index contributed by atoms with van der Waals surface area (Å²) in [5, 5.41) is 15.6. The number of nitrogens with one attached hydrogen (secondary N) is 2. The molecule has 3 aromatic rings. The second kappa shape index (κ2) is 10.3. The minimum atomic E-state index is -0.612. The van der Waals surface area contributed by atoms with E-state index in [2.05, 4.69) is 26.9 Å². The number of ether oxygens (including phenoxy) is 2. The van der Waals surface area contributed by atoms with Gasteiger partial charge in [-0.25, -0.2) is 4.79 Å². The summed E-state index contributed by atoms with van der Waals surface area (Å²) >= 11 is 2.93. The lowest BCUT2D eigenvalue weighted by molar-refractivity contribution is -0.117. The largest absolute Gasteiger partial charge is 0.490 e. The lowest BCUT2D eigenvalue weighted by Gasteiger charge is -2.11. The van der Waals surface area contributed by atoms with Gasteiger partial charge in [0.05, 0.1) is 19.0 Å². The molecule has 0 unspecified atom stereocenters. The molecule has 0 fully saturated rings.